The smallest absolute Gasteiger partial charge is 0.224 e. The summed E-state index contributed by atoms with van der Waals surface area (Å²) in [7, 11) is 0. The number of guanidine groups is 1. The number of aliphatic imine (C=N–C) groups is 1. The number of hydrogen-bond acceptors (Lipinski definition) is 4. The van der Waals surface area contributed by atoms with Crippen molar-refractivity contribution in [1.29, 1.82) is 0 Å². The maximum atomic E-state index is 12.6. The molecule has 1 aromatic carbocycles. The van der Waals surface area contributed by atoms with Crippen molar-refractivity contribution >= 4 is 52.9 Å². The number of amides is 1. The van der Waals surface area contributed by atoms with Gasteiger partial charge in [-0.05, 0) is 43.0 Å². The number of halogens is 1. The zero-order valence-corrected chi connectivity index (χ0v) is 20.9. The van der Waals surface area contributed by atoms with Gasteiger partial charge in [0.15, 0.2) is 5.96 Å². The molecule has 2 aromatic rings. The van der Waals surface area contributed by atoms with E-state index in [-0.39, 0.29) is 29.9 Å². The fourth-order valence-electron chi connectivity index (χ4n) is 3.36. The summed E-state index contributed by atoms with van der Waals surface area (Å²) in [5.74, 6) is 0.970. The lowest BCUT2D eigenvalue weighted by Gasteiger charge is -2.36. The van der Waals surface area contributed by atoms with Crippen molar-refractivity contribution in [3.63, 3.8) is 0 Å². The number of thiophene rings is 1. The maximum Gasteiger partial charge on any atom is 0.224 e. The zero-order valence-electron chi connectivity index (χ0n) is 17.8. The molecule has 2 heterocycles. The van der Waals surface area contributed by atoms with E-state index in [1.165, 1.54) is 16.1 Å². The molecule has 1 aliphatic rings. The standard InChI is InChI=1S/C22H31N5OS.HI/c1-3-23-22(25-17-20-18(2)10-16-29-20)24-11-9-21(28)27-14-12-26(13-15-27)19-7-5-4-6-8-19;/h4-8,10,16H,3,9,11-15,17H2,1-2H3,(H2,23,24,25);1H. The highest BCUT2D eigenvalue weighted by molar-refractivity contribution is 14.0. The maximum absolute atomic E-state index is 12.6. The number of benzene rings is 1. The lowest BCUT2D eigenvalue weighted by atomic mass is 10.2. The van der Waals surface area contributed by atoms with Gasteiger partial charge in [-0.2, -0.15) is 0 Å². The molecule has 30 heavy (non-hydrogen) atoms. The van der Waals surface area contributed by atoms with Crippen LogP contribution in [0, 0.1) is 6.92 Å². The fourth-order valence-corrected chi connectivity index (χ4v) is 4.19. The van der Waals surface area contributed by atoms with Crippen molar-refractivity contribution < 1.29 is 4.79 Å². The summed E-state index contributed by atoms with van der Waals surface area (Å²) >= 11 is 1.73. The molecular formula is C22H32IN5OS. The van der Waals surface area contributed by atoms with Gasteiger partial charge in [0.2, 0.25) is 5.91 Å². The highest BCUT2D eigenvalue weighted by atomic mass is 127. The summed E-state index contributed by atoms with van der Waals surface area (Å²) in [5.41, 5.74) is 2.51. The Morgan fingerprint density at radius 3 is 2.47 bits per heavy atom. The summed E-state index contributed by atoms with van der Waals surface area (Å²) in [6.07, 6.45) is 0.480. The molecule has 1 aromatic heterocycles. The minimum atomic E-state index is 0. The van der Waals surface area contributed by atoms with Crippen molar-refractivity contribution in [1.82, 2.24) is 15.5 Å². The molecule has 0 atom stereocenters. The van der Waals surface area contributed by atoms with Crippen LogP contribution >= 0.6 is 35.3 Å². The summed E-state index contributed by atoms with van der Waals surface area (Å²) in [5, 5.41) is 8.64. The van der Waals surface area contributed by atoms with E-state index in [0.717, 1.165) is 38.7 Å². The van der Waals surface area contributed by atoms with Gasteiger partial charge in [0.25, 0.3) is 0 Å². The minimum absolute atomic E-state index is 0. The van der Waals surface area contributed by atoms with Crippen LogP contribution in [0.25, 0.3) is 0 Å². The molecule has 1 saturated heterocycles. The number of rotatable bonds is 7. The predicted molar refractivity (Wildman–Crippen MR) is 137 cm³/mol. The van der Waals surface area contributed by atoms with Gasteiger partial charge in [-0.15, -0.1) is 35.3 Å². The molecule has 8 heteroatoms. The number of aryl methyl sites for hydroxylation is 1. The Kier molecular flexibility index (Phi) is 10.4. The Morgan fingerprint density at radius 1 is 1.10 bits per heavy atom. The Hall–Kier alpha value is -1.81. The first-order chi connectivity index (χ1) is 14.2. The van der Waals surface area contributed by atoms with Crippen LogP contribution in [0.3, 0.4) is 0 Å². The molecule has 0 aliphatic carbocycles. The minimum Gasteiger partial charge on any atom is -0.368 e. The number of anilines is 1. The zero-order chi connectivity index (χ0) is 20.5. The summed E-state index contributed by atoms with van der Waals surface area (Å²) in [4.78, 5) is 22.8. The van der Waals surface area contributed by atoms with E-state index in [4.69, 9.17) is 0 Å². The van der Waals surface area contributed by atoms with Gasteiger partial charge in [0.05, 0.1) is 6.54 Å². The molecular weight excluding hydrogens is 509 g/mol. The van der Waals surface area contributed by atoms with Crippen LogP contribution in [-0.2, 0) is 11.3 Å². The molecule has 6 nitrogen and oxygen atoms in total. The molecule has 0 spiro atoms. The van der Waals surface area contributed by atoms with E-state index >= 15 is 0 Å². The van der Waals surface area contributed by atoms with Crippen LogP contribution in [0.5, 0.6) is 0 Å². The SMILES string of the molecule is CCNC(=NCc1sccc1C)NCCC(=O)N1CCN(c2ccccc2)CC1.I. The van der Waals surface area contributed by atoms with Crippen molar-refractivity contribution in [2.45, 2.75) is 26.8 Å². The summed E-state index contributed by atoms with van der Waals surface area (Å²) in [6.45, 7) is 9.52. The van der Waals surface area contributed by atoms with Crippen LogP contribution in [0.1, 0.15) is 23.8 Å². The Bertz CT molecular complexity index is 803. The second kappa shape index (κ2) is 12.8. The van der Waals surface area contributed by atoms with Gasteiger partial charge < -0.3 is 20.4 Å². The molecule has 0 unspecified atom stereocenters. The topological polar surface area (TPSA) is 60.0 Å². The number of carbonyl (C=O) groups is 1. The van der Waals surface area contributed by atoms with E-state index < -0.39 is 0 Å². The largest absolute Gasteiger partial charge is 0.368 e. The van der Waals surface area contributed by atoms with Crippen LogP contribution in [0.2, 0.25) is 0 Å². The van der Waals surface area contributed by atoms with Crippen LogP contribution in [0.4, 0.5) is 5.69 Å². The van der Waals surface area contributed by atoms with Crippen LogP contribution in [-0.4, -0.2) is 56.0 Å². The molecule has 164 valence electrons. The first kappa shape index (κ1) is 24.5. The summed E-state index contributed by atoms with van der Waals surface area (Å²) < 4.78 is 0. The molecule has 3 rings (SSSR count). The van der Waals surface area contributed by atoms with Gasteiger partial charge in [-0.1, -0.05) is 18.2 Å². The monoisotopic (exact) mass is 541 g/mol. The normalized spacial score (nSPS) is 14.3. The van der Waals surface area contributed by atoms with Crippen LogP contribution in [0.15, 0.2) is 46.8 Å². The average Bonchev–Trinajstić information content (AvgIpc) is 3.17. The van der Waals surface area contributed by atoms with E-state index in [0.29, 0.717) is 19.5 Å². The summed E-state index contributed by atoms with van der Waals surface area (Å²) in [6, 6.07) is 12.5. The molecule has 1 aliphatic heterocycles. The van der Waals surface area contributed by atoms with E-state index in [1.807, 2.05) is 17.9 Å². The highest BCUT2D eigenvalue weighted by Gasteiger charge is 2.20. The number of hydrogen-bond donors (Lipinski definition) is 2. The molecule has 1 fully saturated rings. The third-order valence-electron chi connectivity index (χ3n) is 5.08. The van der Waals surface area contributed by atoms with Crippen LogP contribution < -0.4 is 15.5 Å². The second-order valence-corrected chi connectivity index (χ2v) is 8.10. The number of piperazine rings is 1. The van der Waals surface area contributed by atoms with E-state index in [2.05, 4.69) is 63.2 Å². The number of nitrogens with one attached hydrogen (secondary N) is 2. The third kappa shape index (κ3) is 7.16. The van der Waals surface area contributed by atoms with Crippen molar-refractivity contribution in [2.75, 3.05) is 44.2 Å². The lowest BCUT2D eigenvalue weighted by molar-refractivity contribution is -0.131. The molecule has 0 saturated carbocycles. The second-order valence-electron chi connectivity index (χ2n) is 7.10. The van der Waals surface area contributed by atoms with Crippen molar-refractivity contribution in [3.05, 3.63) is 52.2 Å². The Labute approximate surface area is 200 Å². The molecule has 0 radical (unpaired) electrons. The highest BCUT2D eigenvalue weighted by Crippen LogP contribution is 2.17. The fraction of sp³-hybridized carbons (Fsp3) is 0.455. The Morgan fingerprint density at radius 2 is 1.83 bits per heavy atom. The van der Waals surface area contributed by atoms with Crippen molar-refractivity contribution in [3.8, 4) is 0 Å². The Balaban J connectivity index is 0.00000320. The van der Waals surface area contributed by atoms with Gasteiger partial charge in [-0.3, -0.25) is 4.79 Å². The molecule has 0 bridgehead atoms. The quantitative estimate of drug-likeness (QED) is 0.320. The van der Waals surface area contributed by atoms with Gasteiger partial charge >= 0.3 is 0 Å². The molecule has 1 amide bonds. The lowest BCUT2D eigenvalue weighted by Crippen LogP contribution is -2.49. The van der Waals surface area contributed by atoms with Gasteiger partial charge in [0, 0.05) is 56.3 Å². The number of nitrogens with zero attached hydrogens (tertiary/aromatic N) is 3. The van der Waals surface area contributed by atoms with E-state index in [9.17, 15) is 4.79 Å². The number of carbonyl (C=O) groups excluding carboxylic acids is 1. The average molecular weight is 542 g/mol. The number of para-hydroxylation sites is 1. The predicted octanol–water partition coefficient (Wildman–Crippen LogP) is 3.47. The molecule has 2 N–H and O–H groups in total. The first-order valence-electron chi connectivity index (χ1n) is 10.3. The van der Waals surface area contributed by atoms with Gasteiger partial charge in [-0.25, -0.2) is 4.99 Å². The third-order valence-corrected chi connectivity index (χ3v) is 6.09. The van der Waals surface area contributed by atoms with Crippen molar-refractivity contribution in [2.24, 2.45) is 4.99 Å². The van der Waals surface area contributed by atoms with E-state index in [1.54, 1.807) is 11.3 Å². The van der Waals surface area contributed by atoms with Gasteiger partial charge in [0.1, 0.15) is 0 Å². The first-order valence-corrected chi connectivity index (χ1v) is 11.2.